The molecule has 7 nitrogen and oxygen atoms in total. The molecule has 36 heavy (non-hydrogen) atoms. The number of nitriles is 1. The van der Waals surface area contributed by atoms with Crippen molar-refractivity contribution in [2.45, 2.75) is 39.2 Å². The van der Waals surface area contributed by atoms with E-state index in [0.29, 0.717) is 38.3 Å². The molecule has 0 bridgehead atoms. The summed E-state index contributed by atoms with van der Waals surface area (Å²) in [5.41, 5.74) is 1.87. The molecule has 1 amide bonds. The first-order valence-electron chi connectivity index (χ1n) is 11.2. The van der Waals surface area contributed by atoms with E-state index in [9.17, 15) is 14.9 Å². The number of thioether (sulfide) groups is 1. The highest BCUT2D eigenvalue weighted by molar-refractivity contribution is 8.03. The van der Waals surface area contributed by atoms with Gasteiger partial charge in [0, 0.05) is 16.4 Å². The number of carbonyl (C=O) groups is 2. The van der Waals surface area contributed by atoms with E-state index in [-0.39, 0.29) is 11.7 Å². The van der Waals surface area contributed by atoms with Crippen LogP contribution in [-0.4, -0.2) is 30.3 Å². The van der Waals surface area contributed by atoms with Gasteiger partial charge in [-0.15, -0.1) is 0 Å². The SMILES string of the molecule is COc1ccc(NC(=O)CSC2=C(C#N)C(c3ccc(Cl)cc3)C(C(=O)OC(C)(C)C)=C(C)N2)cc1. The van der Waals surface area contributed by atoms with E-state index in [0.717, 1.165) is 5.56 Å². The lowest BCUT2D eigenvalue weighted by Crippen LogP contribution is -2.32. The number of hydrogen-bond donors (Lipinski definition) is 2. The molecule has 0 radical (unpaired) electrons. The first-order valence-corrected chi connectivity index (χ1v) is 12.6. The Labute approximate surface area is 220 Å². The first kappa shape index (κ1) is 27.2. The summed E-state index contributed by atoms with van der Waals surface area (Å²) < 4.78 is 10.8. The Morgan fingerprint density at radius 1 is 1.14 bits per heavy atom. The third-order valence-corrected chi connectivity index (χ3v) is 6.46. The second-order valence-corrected chi connectivity index (χ2v) is 10.5. The van der Waals surface area contributed by atoms with Crippen LogP contribution in [0.5, 0.6) is 5.75 Å². The van der Waals surface area contributed by atoms with Crippen LogP contribution in [-0.2, 0) is 14.3 Å². The summed E-state index contributed by atoms with van der Waals surface area (Å²) in [6.07, 6.45) is 0. The average molecular weight is 526 g/mol. The molecule has 0 spiro atoms. The Bertz CT molecular complexity index is 1240. The number of ether oxygens (including phenoxy) is 2. The van der Waals surface area contributed by atoms with E-state index in [1.807, 2.05) is 0 Å². The Kier molecular flexibility index (Phi) is 8.72. The van der Waals surface area contributed by atoms with Crippen molar-refractivity contribution in [2.24, 2.45) is 0 Å². The number of anilines is 1. The van der Waals surface area contributed by atoms with Crippen molar-refractivity contribution in [3.8, 4) is 11.8 Å². The van der Waals surface area contributed by atoms with Gasteiger partial charge < -0.3 is 20.1 Å². The number of esters is 1. The Morgan fingerprint density at radius 3 is 2.33 bits per heavy atom. The standard InChI is InChI=1S/C27H28ClN3O4S/c1-16-23(26(33)35-27(2,3)4)24(17-6-8-18(28)9-7-17)21(14-29)25(30-16)36-15-22(32)31-19-10-12-20(34-5)13-11-19/h6-13,24,30H,15H2,1-5H3,(H,31,32). The number of hydrogen-bond acceptors (Lipinski definition) is 7. The van der Waals surface area contributed by atoms with Crippen molar-refractivity contribution in [1.29, 1.82) is 5.26 Å². The maximum Gasteiger partial charge on any atom is 0.337 e. The van der Waals surface area contributed by atoms with Crippen molar-refractivity contribution in [1.82, 2.24) is 5.32 Å². The van der Waals surface area contributed by atoms with Gasteiger partial charge in [-0.05, 0) is 69.7 Å². The Hall–Kier alpha value is -3.41. The number of carbonyl (C=O) groups excluding carboxylic acids is 2. The number of benzene rings is 2. The van der Waals surface area contributed by atoms with Crippen LogP contribution in [0.3, 0.4) is 0 Å². The summed E-state index contributed by atoms with van der Waals surface area (Å²) in [5.74, 6) is -0.674. The minimum atomic E-state index is -0.708. The van der Waals surface area contributed by atoms with Crippen LogP contribution in [0, 0.1) is 11.3 Å². The summed E-state index contributed by atoms with van der Waals surface area (Å²) in [7, 11) is 1.57. The van der Waals surface area contributed by atoms with Gasteiger partial charge in [0.1, 0.15) is 11.4 Å². The third kappa shape index (κ3) is 6.84. The van der Waals surface area contributed by atoms with Crippen LogP contribution in [0.2, 0.25) is 5.02 Å². The molecule has 1 unspecified atom stereocenters. The van der Waals surface area contributed by atoms with Gasteiger partial charge in [0.25, 0.3) is 0 Å². The van der Waals surface area contributed by atoms with Crippen molar-refractivity contribution in [3.63, 3.8) is 0 Å². The van der Waals surface area contributed by atoms with E-state index in [1.54, 1.807) is 83.3 Å². The van der Waals surface area contributed by atoms with E-state index in [4.69, 9.17) is 21.1 Å². The smallest absolute Gasteiger partial charge is 0.337 e. The fourth-order valence-electron chi connectivity index (χ4n) is 3.63. The van der Waals surface area contributed by atoms with Gasteiger partial charge in [0.15, 0.2) is 0 Å². The fourth-order valence-corrected chi connectivity index (χ4v) is 4.65. The summed E-state index contributed by atoms with van der Waals surface area (Å²) in [5, 5.41) is 17.2. The van der Waals surface area contributed by atoms with Crippen LogP contribution in [0.1, 0.15) is 39.2 Å². The molecule has 9 heteroatoms. The predicted octanol–water partition coefficient (Wildman–Crippen LogP) is 5.76. The van der Waals surface area contributed by atoms with Crippen LogP contribution >= 0.6 is 23.4 Å². The molecule has 2 aromatic carbocycles. The number of halogens is 1. The lowest BCUT2D eigenvalue weighted by atomic mass is 9.82. The quantitative estimate of drug-likeness (QED) is 0.443. The molecule has 1 atom stereocenters. The largest absolute Gasteiger partial charge is 0.497 e. The van der Waals surface area contributed by atoms with Crippen LogP contribution in [0.15, 0.2) is 70.4 Å². The lowest BCUT2D eigenvalue weighted by molar-refractivity contribution is -0.150. The van der Waals surface area contributed by atoms with Crippen molar-refractivity contribution in [2.75, 3.05) is 18.2 Å². The number of nitrogens with zero attached hydrogens (tertiary/aromatic N) is 1. The van der Waals surface area contributed by atoms with E-state index in [2.05, 4.69) is 16.7 Å². The van der Waals surface area contributed by atoms with E-state index >= 15 is 0 Å². The maximum atomic E-state index is 13.2. The number of rotatable bonds is 7. The van der Waals surface area contributed by atoms with Crippen LogP contribution < -0.4 is 15.4 Å². The molecule has 1 aliphatic rings. The molecule has 2 N–H and O–H groups in total. The molecule has 0 fully saturated rings. The molecule has 2 aromatic rings. The molecule has 0 saturated carbocycles. The maximum absolute atomic E-state index is 13.2. The third-order valence-electron chi connectivity index (χ3n) is 5.19. The monoisotopic (exact) mass is 525 g/mol. The van der Waals surface area contributed by atoms with Gasteiger partial charge in [-0.1, -0.05) is 35.5 Å². The van der Waals surface area contributed by atoms with Crippen molar-refractivity contribution >= 4 is 40.9 Å². The number of allylic oxidation sites excluding steroid dienone is 2. The zero-order valence-corrected chi connectivity index (χ0v) is 22.3. The van der Waals surface area contributed by atoms with E-state index in [1.165, 1.54) is 11.8 Å². The number of dihydropyridines is 1. The summed E-state index contributed by atoms with van der Waals surface area (Å²) in [6, 6.07) is 16.2. The number of nitrogens with one attached hydrogen (secondary N) is 2. The second-order valence-electron chi connectivity index (χ2n) is 9.07. The van der Waals surface area contributed by atoms with Gasteiger partial charge in [0.05, 0.1) is 41.0 Å². The van der Waals surface area contributed by atoms with Crippen molar-refractivity contribution in [3.05, 3.63) is 81.0 Å². The van der Waals surface area contributed by atoms with E-state index < -0.39 is 17.5 Å². The number of amides is 1. The van der Waals surface area contributed by atoms with Crippen LogP contribution in [0.4, 0.5) is 5.69 Å². The summed E-state index contributed by atoms with van der Waals surface area (Å²) >= 11 is 7.28. The van der Waals surface area contributed by atoms with Gasteiger partial charge in [0.2, 0.25) is 5.91 Å². The highest BCUT2D eigenvalue weighted by Gasteiger charge is 2.37. The second kappa shape index (κ2) is 11.5. The zero-order chi connectivity index (χ0) is 26.5. The van der Waals surface area contributed by atoms with Gasteiger partial charge >= 0.3 is 5.97 Å². The molecule has 0 aromatic heterocycles. The van der Waals surface area contributed by atoms with Gasteiger partial charge in [-0.2, -0.15) is 5.26 Å². The first-order chi connectivity index (χ1) is 17.0. The molecule has 3 rings (SSSR count). The van der Waals surface area contributed by atoms with Crippen LogP contribution in [0.25, 0.3) is 0 Å². The van der Waals surface area contributed by atoms with Gasteiger partial charge in [-0.25, -0.2) is 4.79 Å². The zero-order valence-electron chi connectivity index (χ0n) is 20.8. The topological polar surface area (TPSA) is 100 Å². The Morgan fingerprint density at radius 2 is 1.78 bits per heavy atom. The van der Waals surface area contributed by atoms with Crippen molar-refractivity contribution < 1.29 is 19.1 Å². The molecular formula is C27H28ClN3O4S. The lowest BCUT2D eigenvalue weighted by Gasteiger charge is -2.31. The molecular weight excluding hydrogens is 498 g/mol. The fraction of sp³-hybridized carbons (Fsp3) is 0.296. The average Bonchev–Trinajstić information content (AvgIpc) is 2.82. The predicted molar refractivity (Wildman–Crippen MR) is 143 cm³/mol. The molecule has 0 saturated heterocycles. The molecule has 1 aliphatic heterocycles. The minimum Gasteiger partial charge on any atom is -0.497 e. The Balaban J connectivity index is 1.88. The van der Waals surface area contributed by atoms with Gasteiger partial charge in [-0.3, -0.25) is 4.79 Å². The normalized spacial score (nSPS) is 15.6. The summed E-state index contributed by atoms with van der Waals surface area (Å²) in [6.45, 7) is 7.13. The number of methoxy groups -OCH3 is 1. The minimum absolute atomic E-state index is 0.0575. The highest BCUT2D eigenvalue weighted by Crippen LogP contribution is 2.41. The molecule has 188 valence electrons. The molecule has 0 aliphatic carbocycles. The highest BCUT2D eigenvalue weighted by atomic mass is 35.5. The molecule has 1 heterocycles. The summed E-state index contributed by atoms with van der Waals surface area (Å²) in [4.78, 5) is 25.8.